The van der Waals surface area contributed by atoms with Gasteiger partial charge in [0.1, 0.15) is 5.75 Å². The van der Waals surface area contributed by atoms with E-state index in [0.717, 1.165) is 17.8 Å². The molecule has 1 aromatic rings. The molecule has 148 valence electrons. The molecular weight excluding hydrogens is 352 g/mol. The Bertz CT molecular complexity index is 839. The Morgan fingerprint density at radius 3 is 2.89 bits per heavy atom. The third-order valence-corrected chi connectivity index (χ3v) is 4.75. The summed E-state index contributed by atoms with van der Waals surface area (Å²) < 4.78 is 5.53. The Kier molecular flexibility index (Phi) is 6.31. The van der Waals surface area contributed by atoms with E-state index in [9.17, 15) is 4.79 Å². The number of carbonyl (C=O) groups is 1. The molecule has 0 aromatic heterocycles. The van der Waals surface area contributed by atoms with Gasteiger partial charge in [-0.05, 0) is 61.9 Å². The number of amides is 1. The number of nitrogens with one attached hydrogen (secondary N) is 1. The van der Waals surface area contributed by atoms with E-state index in [4.69, 9.17) is 4.74 Å². The molecule has 0 spiro atoms. The second-order valence-corrected chi connectivity index (χ2v) is 7.51. The highest BCUT2D eigenvalue weighted by atomic mass is 16.5. The molecule has 0 bridgehead atoms. The van der Waals surface area contributed by atoms with E-state index in [0.29, 0.717) is 17.7 Å². The first-order chi connectivity index (χ1) is 13.4. The summed E-state index contributed by atoms with van der Waals surface area (Å²) in [7, 11) is 4.14. The first-order valence-corrected chi connectivity index (χ1v) is 9.46. The van der Waals surface area contributed by atoms with E-state index in [-0.39, 0.29) is 12.5 Å². The minimum atomic E-state index is -0.285. The minimum absolute atomic E-state index is 0.0664. The van der Waals surface area contributed by atoms with Crippen molar-refractivity contribution in [2.75, 3.05) is 27.4 Å². The first kappa shape index (κ1) is 19.9. The molecule has 2 unspecified atom stereocenters. The Hall–Kier alpha value is -2.86. The molecule has 0 radical (unpaired) electrons. The maximum absolute atomic E-state index is 12.0. The van der Waals surface area contributed by atoms with Crippen LogP contribution in [0.5, 0.6) is 5.75 Å². The van der Waals surface area contributed by atoms with Crippen molar-refractivity contribution in [2.24, 2.45) is 11.0 Å². The predicted octanol–water partition coefficient (Wildman–Crippen LogP) is 2.70. The predicted molar refractivity (Wildman–Crippen MR) is 112 cm³/mol. The van der Waals surface area contributed by atoms with Crippen molar-refractivity contribution in [3.8, 4) is 5.75 Å². The van der Waals surface area contributed by atoms with Gasteiger partial charge in [0, 0.05) is 6.20 Å². The number of ether oxygens (including phenoxy) is 1. The molecule has 1 aromatic carbocycles. The zero-order valence-corrected chi connectivity index (χ0v) is 16.9. The second-order valence-electron chi connectivity index (χ2n) is 7.51. The van der Waals surface area contributed by atoms with Crippen molar-refractivity contribution in [3.63, 3.8) is 0 Å². The van der Waals surface area contributed by atoms with Crippen molar-refractivity contribution in [3.05, 3.63) is 65.4 Å². The van der Waals surface area contributed by atoms with Crippen LogP contribution < -0.4 is 10.2 Å². The van der Waals surface area contributed by atoms with Gasteiger partial charge in [-0.3, -0.25) is 9.69 Å². The van der Waals surface area contributed by atoms with E-state index in [1.165, 1.54) is 5.57 Å². The minimum Gasteiger partial charge on any atom is -0.483 e. The number of hydrogen-bond donors (Lipinski definition) is 1. The fourth-order valence-electron chi connectivity index (χ4n) is 3.55. The second kappa shape index (κ2) is 8.89. The largest absolute Gasteiger partial charge is 0.483 e. The summed E-state index contributed by atoms with van der Waals surface area (Å²) in [6.45, 7) is 4.97. The zero-order valence-electron chi connectivity index (χ0n) is 16.9. The van der Waals surface area contributed by atoms with Crippen LogP contribution in [0, 0.1) is 12.8 Å². The van der Waals surface area contributed by atoms with Crippen LogP contribution in [0.2, 0.25) is 0 Å². The van der Waals surface area contributed by atoms with Gasteiger partial charge in [-0.25, -0.2) is 5.43 Å². The molecule has 1 N–H and O–H groups in total. The molecule has 1 amide bonds. The summed E-state index contributed by atoms with van der Waals surface area (Å²) in [6, 6.07) is 7.96. The van der Waals surface area contributed by atoms with Gasteiger partial charge in [0.15, 0.2) is 6.61 Å². The average Bonchev–Trinajstić information content (AvgIpc) is 3.03. The summed E-state index contributed by atoms with van der Waals surface area (Å²) in [6.07, 6.45) is 10.3. The van der Waals surface area contributed by atoms with Gasteiger partial charge in [-0.1, -0.05) is 31.2 Å². The molecule has 6 heteroatoms. The monoisotopic (exact) mass is 380 g/mol. The highest BCUT2D eigenvalue weighted by molar-refractivity contribution is 5.85. The molecule has 2 aliphatic rings. The molecule has 0 saturated carbocycles. The molecule has 0 fully saturated rings. The molecule has 1 heterocycles. The van der Waals surface area contributed by atoms with Crippen LogP contribution in [-0.4, -0.2) is 55.3 Å². The van der Waals surface area contributed by atoms with Crippen molar-refractivity contribution in [1.29, 1.82) is 0 Å². The summed E-state index contributed by atoms with van der Waals surface area (Å²) >= 11 is 0. The van der Waals surface area contributed by atoms with E-state index < -0.39 is 0 Å². The number of benzene rings is 1. The lowest BCUT2D eigenvalue weighted by atomic mass is 9.87. The number of fused-ring (bicyclic) bond motifs is 1. The van der Waals surface area contributed by atoms with Crippen LogP contribution in [0.15, 0.2) is 64.9 Å². The SMILES string of the molecule is Cc1ccccc1OCC(=O)NN=CC1=CC(C)C2C(=C1)C=CN2CN(C)C. The topological polar surface area (TPSA) is 57.2 Å². The smallest absolute Gasteiger partial charge is 0.277 e. The molecule has 1 aliphatic carbocycles. The van der Waals surface area contributed by atoms with Crippen molar-refractivity contribution in [1.82, 2.24) is 15.2 Å². The van der Waals surface area contributed by atoms with E-state index in [2.05, 4.69) is 65.8 Å². The van der Waals surface area contributed by atoms with Gasteiger partial charge < -0.3 is 9.64 Å². The number of rotatable bonds is 7. The molecule has 1 aliphatic heterocycles. The number of carbonyl (C=O) groups excluding carboxylic acids is 1. The average molecular weight is 380 g/mol. The highest BCUT2D eigenvalue weighted by Gasteiger charge is 2.30. The standard InChI is InChI=1S/C22H28N4O2/c1-16-7-5-6-8-20(16)28-14-21(27)24-23-13-18-11-17(2)22-19(12-18)9-10-26(22)15-25(3)4/h5-13,17,22H,14-15H2,1-4H3,(H,24,27). The molecule has 6 nitrogen and oxygen atoms in total. The third kappa shape index (κ3) is 4.89. The third-order valence-electron chi connectivity index (χ3n) is 4.75. The fourth-order valence-corrected chi connectivity index (χ4v) is 3.55. The zero-order chi connectivity index (χ0) is 20.1. The molecular formula is C22H28N4O2. The highest BCUT2D eigenvalue weighted by Crippen LogP contribution is 2.32. The van der Waals surface area contributed by atoms with Crippen molar-refractivity contribution in [2.45, 2.75) is 19.9 Å². The number of allylic oxidation sites excluding steroid dienone is 2. The number of aryl methyl sites for hydroxylation is 1. The van der Waals surface area contributed by atoms with Crippen LogP contribution >= 0.6 is 0 Å². The van der Waals surface area contributed by atoms with Crippen LogP contribution in [0.1, 0.15) is 12.5 Å². The lowest BCUT2D eigenvalue weighted by molar-refractivity contribution is -0.123. The normalized spacial score (nSPS) is 21.0. The lowest BCUT2D eigenvalue weighted by Gasteiger charge is -2.34. The Labute approximate surface area is 166 Å². The lowest BCUT2D eigenvalue weighted by Crippen LogP contribution is -2.39. The van der Waals surface area contributed by atoms with Crippen LogP contribution in [-0.2, 0) is 4.79 Å². The Morgan fingerprint density at radius 1 is 1.36 bits per heavy atom. The van der Waals surface area contributed by atoms with Crippen molar-refractivity contribution < 1.29 is 9.53 Å². The van der Waals surface area contributed by atoms with E-state index >= 15 is 0 Å². The summed E-state index contributed by atoms with van der Waals surface area (Å²) in [4.78, 5) is 16.5. The molecule has 0 saturated heterocycles. The van der Waals surface area contributed by atoms with Gasteiger partial charge in [0.05, 0.1) is 18.9 Å². The van der Waals surface area contributed by atoms with Crippen molar-refractivity contribution >= 4 is 12.1 Å². The first-order valence-electron chi connectivity index (χ1n) is 9.46. The van der Waals surface area contributed by atoms with Gasteiger partial charge >= 0.3 is 0 Å². The van der Waals surface area contributed by atoms with E-state index in [1.807, 2.05) is 31.2 Å². The van der Waals surface area contributed by atoms with Crippen LogP contribution in [0.3, 0.4) is 0 Å². The maximum Gasteiger partial charge on any atom is 0.277 e. The van der Waals surface area contributed by atoms with Crippen LogP contribution in [0.4, 0.5) is 0 Å². The molecule has 28 heavy (non-hydrogen) atoms. The molecule has 3 rings (SSSR count). The summed E-state index contributed by atoms with van der Waals surface area (Å²) in [5, 5.41) is 4.08. The quantitative estimate of drug-likeness (QED) is 0.584. The fraction of sp³-hybridized carbons (Fsp3) is 0.364. The summed E-state index contributed by atoms with van der Waals surface area (Å²) in [5.41, 5.74) is 5.79. The van der Waals surface area contributed by atoms with Gasteiger partial charge in [0.2, 0.25) is 0 Å². The van der Waals surface area contributed by atoms with Gasteiger partial charge in [-0.15, -0.1) is 0 Å². The number of hydrogen-bond acceptors (Lipinski definition) is 5. The number of para-hydroxylation sites is 1. The van der Waals surface area contributed by atoms with Gasteiger partial charge in [0.25, 0.3) is 5.91 Å². The van der Waals surface area contributed by atoms with Crippen LogP contribution in [0.25, 0.3) is 0 Å². The summed E-state index contributed by atoms with van der Waals surface area (Å²) in [5.74, 6) is 0.778. The van der Waals surface area contributed by atoms with Gasteiger partial charge in [-0.2, -0.15) is 5.10 Å². The number of nitrogens with zero attached hydrogens (tertiary/aromatic N) is 3. The van der Waals surface area contributed by atoms with E-state index in [1.54, 1.807) is 6.21 Å². The molecule has 2 atom stereocenters. The number of hydrazone groups is 1. The Morgan fingerprint density at radius 2 is 2.14 bits per heavy atom. The Balaban J connectivity index is 1.52. The maximum atomic E-state index is 12.0.